The van der Waals surface area contributed by atoms with Crippen molar-refractivity contribution < 1.29 is 28.7 Å². The number of halogens is 1. The van der Waals surface area contributed by atoms with Gasteiger partial charge >= 0.3 is 0 Å². The number of hydrogen-bond acceptors (Lipinski definition) is 1. The highest BCUT2D eigenvalue weighted by Crippen LogP contribution is 2.21. The molecule has 0 aliphatic rings. The Balaban J connectivity index is 0.00000180. The van der Waals surface area contributed by atoms with E-state index in [4.69, 9.17) is 5.73 Å². The first-order chi connectivity index (χ1) is 8.52. The van der Waals surface area contributed by atoms with E-state index in [2.05, 4.69) is 49.3 Å². The van der Waals surface area contributed by atoms with Crippen LogP contribution in [-0.4, -0.2) is 4.68 Å². The van der Waals surface area contributed by atoms with Gasteiger partial charge in [0.1, 0.15) is 5.69 Å². The first-order valence-electron chi connectivity index (χ1n) is 6.43. The van der Waals surface area contributed by atoms with E-state index in [-0.39, 0.29) is 24.0 Å². The van der Waals surface area contributed by atoms with E-state index in [0.29, 0.717) is 5.92 Å². The number of para-hydroxylation sites is 1. The van der Waals surface area contributed by atoms with Crippen LogP contribution in [0.3, 0.4) is 0 Å². The summed E-state index contributed by atoms with van der Waals surface area (Å²) in [5.41, 5.74) is 9.94. The molecule has 1 heterocycles. The lowest BCUT2D eigenvalue weighted by molar-refractivity contribution is -0.748. The largest absolute Gasteiger partial charge is 1.00 e. The summed E-state index contributed by atoms with van der Waals surface area (Å²) in [6, 6.07) is 10.2. The van der Waals surface area contributed by atoms with Gasteiger partial charge in [-0.3, -0.25) is 0 Å². The number of nitrogen functional groups attached to an aromatic ring is 1. The molecule has 0 spiro atoms. The monoisotopic (exact) mass is 371 g/mol. The number of benzene rings is 1. The van der Waals surface area contributed by atoms with Crippen LogP contribution in [0.4, 0.5) is 5.82 Å². The lowest BCUT2D eigenvalue weighted by Crippen LogP contribution is -3.00. The van der Waals surface area contributed by atoms with Gasteiger partial charge in [0.15, 0.2) is 12.9 Å². The zero-order valence-electron chi connectivity index (χ0n) is 12.0. The second-order valence-electron chi connectivity index (χ2n) is 5.22. The Morgan fingerprint density at radius 3 is 2.32 bits per heavy atom. The molecule has 0 saturated carbocycles. The van der Waals surface area contributed by atoms with Crippen molar-refractivity contribution in [1.29, 1.82) is 0 Å². The first-order valence-corrected chi connectivity index (χ1v) is 6.43. The summed E-state index contributed by atoms with van der Waals surface area (Å²) < 4.78 is 4.20. The van der Waals surface area contributed by atoms with Gasteiger partial charge in [-0.05, 0) is 24.5 Å². The minimum absolute atomic E-state index is 0. The molecule has 2 aromatic rings. The van der Waals surface area contributed by atoms with Gasteiger partial charge in [0.05, 0.1) is 5.56 Å². The van der Waals surface area contributed by atoms with Crippen molar-refractivity contribution >= 4 is 5.82 Å². The highest BCUT2D eigenvalue weighted by atomic mass is 127. The van der Waals surface area contributed by atoms with Gasteiger partial charge in [-0.25, -0.2) is 0 Å². The van der Waals surface area contributed by atoms with E-state index >= 15 is 0 Å². The molecule has 0 bridgehead atoms. The Morgan fingerprint density at radius 1 is 1.21 bits per heavy atom. The third-order valence-electron chi connectivity index (χ3n) is 3.37. The van der Waals surface area contributed by atoms with Crippen molar-refractivity contribution in [3.63, 3.8) is 0 Å². The van der Waals surface area contributed by atoms with E-state index in [1.807, 2.05) is 18.2 Å². The van der Waals surface area contributed by atoms with Gasteiger partial charge < -0.3 is 29.7 Å². The smallest absolute Gasteiger partial charge is 0.210 e. The fourth-order valence-electron chi connectivity index (χ4n) is 2.36. The van der Waals surface area contributed by atoms with E-state index in [1.165, 1.54) is 11.3 Å². The number of nitrogens with zero attached hydrogens (tertiary/aromatic N) is 2. The van der Waals surface area contributed by atoms with E-state index in [1.54, 1.807) is 0 Å². The quantitative estimate of drug-likeness (QED) is 0.568. The average Bonchev–Trinajstić information content (AvgIpc) is 2.54. The molecule has 0 aliphatic carbocycles. The number of anilines is 1. The standard InChI is InChI=1S/C15H21N3.HI/c1-11(2)10-14-12(3)17(4)18(15(14)16)13-8-6-5-7-9-13;/h5-9,11,16H,10H2,1-4H3;1H. The van der Waals surface area contributed by atoms with E-state index in [9.17, 15) is 0 Å². The van der Waals surface area contributed by atoms with Crippen molar-refractivity contribution in [2.75, 3.05) is 5.73 Å². The number of rotatable bonds is 3. The fourth-order valence-corrected chi connectivity index (χ4v) is 2.36. The summed E-state index contributed by atoms with van der Waals surface area (Å²) >= 11 is 0. The number of nitrogens with two attached hydrogens (primary N) is 1. The summed E-state index contributed by atoms with van der Waals surface area (Å²) in [4.78, 5) is 0. The summed E-state index contributed by atoms with van der Waals surface area (Å²) in [5.74, 6) is 1.47. The molecular weight excluding hydrogens is 349 g/mol. The molecule has 104 valence electrons. The van der Waals surface area contributed by atoms with Crippen molar-refractivity contribution in [3.8, 4) is 5.69 Å². The Labute approximate surface area is 132 Å². The average molecular weight is 371 g/mol. The lowest BCUT2D eigenvalue weighted by Gasteiger charge is -2.03. The van der Waals surface area contributed by atoms with Crippen molar-refractivity contribution in [2.45, 2.75) is 27.2 Å². The van der Waals surface area contributed by atoms with Gasteiger partial charge in [0.25, 0.3) is 0 Å². The SMILES string of the molecule is Cc1c(CC(C)C)c(N)n(-c2ccccc2)[n+]1C.[I-]. The molecule has 2 N–H and O–H groups in total. The minimum atomic E-state index is 0. The Hall–Kier alpha value is -1.04. The zero-order valence-corrected chi connectivity index (χ0v) is 14.2. The van der Waals surface area contributed by atoms with Gasteiger partial charge in [-0.15, -0.1) is 9.36 Å². The van der Waals surface area contributed by atoms with Crippen LogP contribution >= 0.6 is 0 Å². The van der Waals surface area contributed by atoms with Crippen LogP contribution in [0.1, 0.15) is 25.1 Å². The molecule has 3 nitrogen and oxygen atoms in total. The molecule has 19 heavy (non-hydrogen) atoms. The fraction of sp³-hybridized carbons (Fsp3) is 0.400. The molecule has 4 heteroatoms. The molecule has 1 aromatic carbocycles. The highest BCUT2D eigenvalue weighted by Gasteiger charge is 2.24. The molecule has 0 radical (unpaired) electrons. The van der Waals surface area contributed by atoms with Crippen LogP contribution in [0, 0.1) is 12.8 Å². The van der Waals surface area contributed by atoms with Crippen LogP contribution in [0.2, 0.25) is 0 Å². The molecular formula is C15H22IN3. The summed E-state index contributed by atoms with van der Waals surface area (Å²) in [6.45, 7) is 6.57. The first kappa shape index (κ1) is 16.0. The van der Waals surface area contributed by atoms with Crippen molar-refractivity contribution in [2.24, 2.45) is 13.0 Å². The molecule has 0 atom stereocenters. The highest BCUT2D eigenvalue weighted by molar-refractivity contribution is 5.47. The van der Waals surface area contributed by atoms with Gasteiger partial charge in [-0.1, -0.05) is 32.0 Å². The summed E-state index contributed by atoms with van der Waals surface area (Å²) in [6.07, 6.45) is 1.02. The van der Waals surface area contributed by atoms with Gasteiger partial charge in [-0.2, -0.15) is 0 Å². The predicted molar refractivity (Wildman–Crippen MR) is 74.6 cm³/mol. The van der Waals surface area contributed by atoms with Gasteiger partial charge in [0, 0.05) is 6.92 Å². The van der Waals surface area contributed by atoms with Crippen LogP contribution in [0.5, 0.6) is 0 Å². The minimum Gasteiger partial charge on any atom is -1.00 e. The molecule has 0 aliphatic heterocycles. The molecule has 0 saturated heterocycles. The third-order valence-corrected chi connectivity index (χ3v) is 3.37. The molecule has 1 aromatic heterocycles. The second-order valence-corrected chi connectivity index (χ2v) is 5.22. The van der Waals surface area contributed by atoms with Crippen LogP contribution < -0.4 is 34.4 Å². The van der Waals surface area contributed by atoms with E-state index in [0.717, 1.165) is 17.9 Å². The maximum atomic E-state index is 6.33. The summed E-state index contributed by atoms with van der Waals surface area (Å²) in [7, 11) is 2.06. The third kappa shape index (κ3) is 3.11. The van der Waals surface area contributed by atoms with Gasteiger partial charge in [0.2, 0.25) is 5.69 Å². The maximum Gasteiger partial charge on any atom is 0.210 e. The van der Waals surface area contributed by atoms with Crippen molar-refractivity contribution in [3.05, 3.63) is 41.6 Å². The summed E-state index contributed by atoms with van der Waals surface area (Å²) in [5, 5.41) is 0. The predicted octanol–water partition coefficient (Wildman–Crippen LogP) is -0.605. The maximum absolute atomic E-state index is 6.33. The topological polar surface area (TPSA) is 34.8 Å². The second kappa shape index (κ2) is 6.41. The van der Waals surface area contributed by atoms with Crippen molar-refractivity contribution in [1.82, 2.24) is 4.68 Å². The number of hydrogen-bond donors (Lipinski definition) is 1. The Morgan fingerprint density at radius 2 is 1.79 bits per heavy atom. The Bertz CT molecular complexity index is 544. The molecule has 2 rings (SSSR count). The molecule has 0 fully saturated rings. The lowest BCUT2D eigenvalue weighted by atomic mass is 10.0. The molecule has 0 unspecified atom stereocenters. The van der Waals surface area contributed by atoms with E-state index < -0.39 is 0 Å². The van der Waals surface area contributed by atoms with Crippen LogP contribution in [0.15, 0.2) is 30.3 Å². The number of aromatic nitrogens is 2. The Kier molecular flexibility index (Phi) is 5.40. The molecule has 0 amide bonds. The van der Waals surface area contributed by atoms with Crippen LogP contribution in [0.25, 0.3) is 5.69 Å². The zero-order chi connectivity index (χ0) is 13.3. The normalized spacial score (nSPS) is 10.6. The van der Waals surface area contributed by atoms with Crippen LogP contribution in [-0.2, 0) is 13.5 Å².